The zero-order chi connectivity index (χ0) is 13.8. The minimum Gasteiger partial charge on any atom is -0.379 e. The zero-order valence-electron chi connectivity index (χ0n) is 12.4. The van der Waals surface area contributed by atoms with Gasteiger partial charge in [-0.2, -0.15) is 0 Å². The summed E-state index contributed by atoms with van der Waals surface area (Å²) in [4.78, 5) is 16.8. The largest absolute Gasteiger partial charge is 0.379 e. The number of amides is 1. The molecule has 2 aliphatic heterocycles. The van der Waals surface area contributed by atoms with Gasteiger partial charge < -0.3 is 19.9 Å². The van der Waals surface area contributed by atoms with Crippen LogP contribution in [0.15, 0.2) is 0 Å². The molecule has 0 aromatic heterocycles. The Hall–Kier alpha value is -0.650. The summed E-state index contributed by atoms with van der Waals surface area (Å²) in [6.45, 7) is 4.17. The summed E-state index contributed by atoms with van der Waals surface area (Å²) in [5.41, 5.74) is 0. The summed E-state index contributed by atoms with van der Waals surface area (Å²) in [5.74, 6) is 1.02. The molecule has 0 aliphatic carbocycles. The number of likely N-dealkylation sites (N-methyl/N-ethyl adjacent to an activating group) is 1. The highest BCUT2D eigenvalue weighted by Gasteiger charge is 2.36. The quantitative estimate of drug-likeness (QED) is 0.781. The number of nitrogens with one attached hydrogen (secondary N) is 1. The Kier molecular flexibility index (Phi) is 5.19. The second-order valence-corrected chi connectivity index (χ2v) is 6.07. The Morgan fingerprint density at radius 1 is 1.32 bits per heavy atom. The molecule has 2 saturated heterocycles. The summed E-state index contributed by atoms with van der Waals surface area (Å²) in [6, 6.07) is 0.187. The maximum atomic E-state index is 12.5. The monoisotopic (exact) mass is 269 g/mol. The van der Waals surface area contributed by atoms with Gasteiger partial charge in [0.2, 0.25) is 5.91 Å². The van der Waals surface area contributed by atoms with Gasteiger partial charge in [-0.05, 0) is 39.9 Å². The second kappa shape index (κ2) is 6.68. The topological polar surface area (TPSA) is 44.8 Å². The highest BCUT2D eigenvalue weighted by Crippen LogP contribution is 2.22. The first kappa shape index (κ1) is 14.8. The normalized spacial score (nSPS) is 29.2. The van der Waals surface area contributed by atoms with Crippen LogP contribution < -0.4 is 5.32 Å². The molecule has 2 fully saturated rings. The van der Waals surface area contributed by atoms with E-state index in [0.29, 0.717) is 13.2 Å². The standard InChI is InChI=1S/C14H27N3O2/c1-15-13-10-19-9-12(13)14(18)17-6-4-11(5-7-17)8-16(2)3/h11-13,15H,4-10H2,1-3H3. The summed E-state index contributed by atoms with van der Waals surface area (Å²) in [7, 11) is 6.14. The van der Waals surface area contributed by atoms with Crippen LogP contribution >= 0.6 is 0 Å². The van der Waals surface area contributed by atoms with E-state index in [2.05, 4.69) is 24.3 Å². The molecule has 110 valence electrons. The number of hydrogen-bond acceptors (Lipinski definition) is 4. The molecule has 0 saturated carbocycles. The second-order valence-electron chi connectivity index (χ2n) is 6.07. The number of carbonyl (C=O) groups is 1. The van der Waals surface area contributed by atoms with Crippen LogP contribution in [-0.2, 0) is 9.53 Å². The molecule has 1 N–H and O–H groups in total. The van der Waals surface area contributed by atoms with Gasteiger partial charge in [0.15, 0.2) is 0 Å². The molecule has 0 spiro atoms. The minimum atomic E-state index is 0.00963. The van der Waals surface area contributed by atoms with Crippen molar-refractivity contribution in [3.05, 3.63) is 0 Å². The summed E-state index contributed by atoms with van der Waals surface area (Å²) < 4.78 is 5.43. The molecule has 1 amide bonds. The molecule has 0 radical (unpaired) electrons. The van der Waals surface area contributed by atoms with Crippen LogP contribution in [0.1, 0.15) is 12.8 Å². The summed E-state index contributed by atoms with van der Waals surface area (Å²) in [6.07, 6.45) is 2.25. The van der Waals surface area contributed by atoms with Crippen molar-refractivity contribution in [1.29, 1.82) is 0 Å². The summed E-state index contributed by atoms with van der Waals surface area (Å²) >= 11 is 0. The number of rotatable bonds is 4. The van der Waals surface area contributed by atoms with Crippen molar-refractivity contribution < 1.29 is 9.53 Å². The molecular weight excluding hydrogens is 242 g/mol. The van der Waals surface area contributed by atoms with E-state index in [1.54, 1.807) is 0 Å². The van der Waals surface area contributed by atoms with Crippen molar-refractivity contribution in [2.45, 2.75) is 18.9 Å². The maximum absolute atomic E-state index is 12.5. The number of likely N-dealkylation sites (tertiary alicyclic amines) is 1. The molecule has 2 atom stereocenters. The van der Waals surface area contributed by atoms with Gasteiger partial charge in [-0.25, -0.2) is 0 Å². The van der Waals surface area contributed by atoms with Crippen LogP contribution in [0, 0.1) is 11.8 Å². The van der Waals surface area contributed by atoms with Crippen molar-refractivity contribution in [3.63, 3.8) is 0 Å². The van der Waals surface area contributed by atoms with Crippen molar-refractivity contribution in [2.24, 2.45) is 11.8 Å². The van der Waals surface area contributed by atoms with Crippen LogP contribution in [-0.4, -0.2) is 75.7 Å². The van der Waals surface area contributed by atoms with Crippen LogP contribution in [0.4, 0.5) is 0 Å². The van der Waals surface area contributed by atoms with Gasteiger partial charge in [-0.15, -0.1) is 0 Å². The van der Waals surface area contributed by atoms with Crippen molar-refractivity contribution in [1.82, 2.24) is 15.1 Å². The molecule has 2 heterocycles. The van der Waals surface area contributed by atoms with E-state index in [4.69, 9.17) is 4.74 Å². The number of hydrogen-bond donors (Lipinski definition) is 1. The third-order valence-corrected chi connectivity index (χ3v) is 4.32. The van der Waals surface area contributed by atoms with E-state index in [-0.39, 0.29) is 17.9 Å². The lowest BCUT2D eigenvalue weighted by Crippen LogP contribution is -2.48. The molecule has 5 nitrogen and oxygen atoms in total. The summed E-state index contributed by atoms with van der Waals surface area (Å²) in [5, 5.41) is 3.19. The van der Waals surface area contributed by atoms with Gasteiger partial charge in [0, 0.05) is 25.7 Å². The molecule has 2 aliphatic rings. The lowest BCUT2D eigenvalue weighted by atomic mass is 9.94. The van der Waals surface area contributed by atoms with Crippen LogP contribution in [0.25, 0.3) is 0 Å². The fourth-order valence-corrected chi connectivity index (χ4v) is 3.17. The average Bonchev–Trinajstić information content (AvgIpc) is 2.86. The van der Waals surface area contributed by atoms with Gasteiger partial charge in [0.05, 0.1) is 19.1 Å². The highest BCUT2D eigenvalue weighted by atomic mass is 16.5. The first-order valence-electron chi connectivity index (χ1n) is 7.30. The van der Waals surface area contributed by atoms with E-state index < -0.39 is 0 Å². The van der Waals surface area contributed by atoms with Gasteiger partial charge in [-0.3, -0.25) is 4.79 Å². The Balaban J connectivity index is 1.82. The molecule has 2 rings (SSSR count). The first-order chi connectivity index (χ1) is 9.11. The van der Waals surface area contributed by atoms with Crippen molar-refractivity contribution in [2.75, 3.05) is 54.0 Å². The Morgan fingerprint density at radius 2 is 2.00 bits per heavy atom. The Morgan fingerprint density at radius 3 is 2.58 bits per heavy atom. The molecule has 5 heteroatoms. The third kappa shape index (κ3) is 3.68. The van der Waals surface area contributed by atoms with E-state index in [1.807, 2.05) is 11.9 Å². The Labute approximate surface area is 116 Å². The predicted octanol–water partition coefficient (Wildman–Crippen LogP) is 0.0210. The van der Waals surface area contributed by atoms with Gasteiger partial charge >= 0.3 is 0 Å². The fourth-order valence-electron chi connectivity index (χ4n) is 3.17. The van der Waals surface area contributed by atoms with E-state index >= 15 is 0 Å². The zero-order valence-corrected chi connectivity index (χ0v) is 12.4. The smallest absolute Gasteiger partial charge is 0.229 e. The molecule has 2 unspecified atom stereocenters. The molecule has 19 heavy (non-hydrogen) atoms. The van der Waals surface area contributed by atoms with Crippen molar-refractivity contribution >= 4 is 5.91 Å². The minimum absolute atomic E-state index is 0.00963. The Bertz CT molecular complexity index is 301. The third-order valence-electron chi connectivity index (χ3n) is 4.32. The van der Waals surface area contributed by atoms with Gasteiger partial charge in [0.1, 0.15) is 0 Å². The number of nitrogens with zero attached hydrogens (tertiary/aromatic N) is 2. The molecule has 0 aromatic rings. The van der Waals surface area contributed by atoms with Crippen molar-refractivity contribution in [3.8, 4) is 0 Å². The van der Waals surface area contributed by atoms with E-state index in [1.165, 1.54) is 0 Å². The predicted molar refractivity (Wildman–Crippen MR) is 75.0 cm³/mol. The number of piperidine rings is 1. The van der Waals surface area contributed by atoms with Crippen LogP contribution in [0.2, 0.25) is 0 Å². The molecule has 0 aromatic carbocycles. The van der Waals surface area contributed by atoms with E-state index in [9.17, 15) is 4.79 Å². The van der Waals surface area contributed by atoms with E-state index in [0.717, 1.165) is 38.4 Å². The fraction of sp³-hybridized carbons (Fsp3) is 0.929. The van der Waals surface area contributed by atoms with Gasteiger partial charge in [0.25, 0.3) is 0 Å². The lowest BCUT2D eigenvalue weighted by Gasteiger charge is -2.35. The number of ether oxygens (including phenoxy) is 1. The highest BCUT2D eigenvalue weighted by molar-refractivity contribution is 5.80. The first-order valence-corrected chi connectivity index (χ1v) is 7.30. The lowest BCUT2D eigenvalue weighted by molar-refractivity contribution is -0.137. The SMILES string of the molecule is CNC1COCC1C(=O)N1CCC(CN(C)C)CC1. The number of carbonyl (C=O) groups excluding carboxylic acids is 1. The van der Waals surface area contributed by atoms with Crippen LogP contribution in [0.3, 0.4) is 0 Å². The maximum Gasteiger partial charge on any atom is 0.229 e. The average molecular weight is 269 g/mol. The van der Waals surface area contributed by atoms with Gasteiger partial charge in [-0.1, -0.05) is 0 Å². The molecule has 0 bridgehead atoms. The molecular formula is C14H27N3O2. The van der Waals surface area contributed by atoms with Crippen LogP contribution in [0.5, 0.6) is 0 Å².